The van der Waals surface area contributed by atoms with Crippen LogP contribution in [-0.4, -0.2) is 78.2 Å². The van der Waals surface area contributed by atoms with Crippen LogP contribution in [0.25, 0.3) is 0 Å². The minimum Gasteiger partial charge on any atom is -0.504 e. The highest BCUT2D eigenvalue weighted by atomic mass is 16.5. The van der Waals surface area contributed by atoms with E-state index in [1.807, 2.05) is 6.07 Å². The molecule has 2 aliphatic heterocycles. The SMILES string of the molecule is CO[C@@]12CC[C@H](N[C@@H](CCCCN)C(=O)O)[C@@H]3Oc4c(O)ccc5c4C31CCN(C)C2C5. The van der Waals surface area contributed by atoms with Crippen molar-refractivity contribution in [3.8, 4) is 11.5 Å². The Bertz CT molecular complexity index is 910. The van der Waals surface area contributed by atoms with Crippen molar-refractivity contribution in [3.05, 3.63) is 23.3 Å². The molecule has 6 atom stereocenters. The third-order valence-corrected chi connectivity index (χ3v) is 8.71. The number of nitrogens with two attached hydrogens (primary N) is 1. The second-order valence-corrected chi connectivity index (χ2v) is 9.99. The van der Waals surface area contributed by atoms with E-state index in [0.29, 0.717) is 18.7 Å². The fourth-order valence-corrected chi connectivity index (χ4v) is 7.34. The topological polar surface area (TPSA) is 117 Å². The third kappa shape index (κ3) is 2.79. The van der Waals surface area contributed by atoms with Crippen molar-refractivity contribution >= 4 is 5.97 Å². The number of carboxylic acid groups (broad SMARTS) is 1. The molecule has 0 aromatic heterocycles. The molecular formula is C24H35N3O5. The number of ether oxygens (including phenoxy) is 2. The number of likely N-dealkylation sites (N-methyl/N-ethyl adjacent to an activating group) is 1. The maximum atomic E-state index is 12.0. The molecule has 4 aliphatic rings. The summed E-state index contributed by atoms with van der Waals surface area (Å²) < 4.78 is 13.0. The summed E-state index contributed by atoms with van der Waals surface area (Å²) in [4.78, 5) is 14.4. The van der Waals surface area contributed by atoms with Gasteiger partial charge in [-0.25, -0.2) is 0 Å². The summed E-state index contributed by atoms with van der Waals surface area (Å²) in [5.41, 5.74) is 7.08. The van der Waals surface area contributed by atoms with Crippen LogP contribution in [0.2, 0.25) is 0 Å². The van der Waals surface area contributed by atoms with Crippen LogP contribution in [0.1, 0.15) is 49.7 Å². The van der Waals surface area contributed by atoms with E-state index in [-0.39, 0.29) is 23.9 Å². The van der Waals surface area contributed by atoms with Gasteiger partial charge in [-0.2, -0.15) is 0 Å². The lowest BCUT2D eigenvalue weighted by Gasteiger charge is -2.65. The second-order valence-electron chi connectivity index (χ2n) is 9.99. The number of piperidine rings is 1. The second kappa shape index (κ2) is 7.87. The Morgan fingerprint density at radius 3 is 2.94 bits per heavy atom. The first-order valence-electron chi connectivity index (χ1n) is 11.9. The van der Waals surface area contributed by atoms with Gasteiger partial charge in [-0.05, 0) is 70.3 Å². The first-order valence-corrected chi connectivity index (χ1v) is 11.9. The van der Waals surface area contributed by atoms with Crippen molar-refractivity contribution in [2.24, 2.45) is 5.73 Å². The number of hydrogen-bond donors (Lipinski definition) is 4. The Labute approximate surface area is 189 Å². The van der Waals surface area contributed by atoms with Crippen LogP contribution in [0, 0.1) is 0 Å². The van der Waals surface area contributed by atoms with Gasteiger partial charge in [-0.1, -0.05) is 12.5 Å². The quantitative estimate of drug-likeness (QED) is 0.443. The predicted molar refractivity (Wildman–Crippen MR) is 119 cm³/mol. The zero-order valence-electron chi connectivity index (χ0n) is 19.0. The van der Waals surface area contributed by atoms with Gasteiger partial charge >= 0.3 is 5.97 Å². The maximum absolute atomic E-state index is 12.0. The minimum atomic E-state index is -0.841. The largest absolute Gasteiger partial charge is 0.504 e. The number of benzene rings is 1. The number of carbonyl (C=O) groups is 1. The average molecular weight is 446 g/mol. The molecule has 1 saturated carbocycles. The lowest BCUT2D eigenvalue weighted by Crippen LogP contribution is -2.78. The molecule has 2 unspecified atom stereocenters. The van der Waals surface area contributed by atoms with Gasteiger partial charge in [0.25, 0.3) is 0 Å². The van der Waals surface area contributed by atoms with Crippen molar-refractivity contribution in [2.45, 2.75) is 80.2 Å². The molecule has 2 heterocycles. The van der Waals surface area contributed by atoms with Gasteiger partial charge in [0.2, 0.25) is 0 Å². The molecule has 176 valence electrons. The Balaban J connectivity index is 1.56. The number of aliphatic carboxylic acids is 1. The molecule has 0 radical (unpaired) electrons. The zero-order valence-corrected chi connectivity index (χ0v) is 19.0. The number of nitrogens with zero attached hydrogens (tertiary/aromatic N) is 1. The van der Waals surface area contributed by atoms with Gasteiger partial charge in [0.05, 0.1) is 11.0 Å². The minimum absolute atomic E-state index is 0.140. The molecule has 32 heavy (non-hydrogen) atoms. The molecule has 2 bridgehead atoms. The number of likely N-dealkylation sites (tertiary alicyclic amines) is 1. The number of rotatable bonds is 8. The Morgan fingerprint density at radius 1 is 1.41 bits per heavy atom. The number of aromatic hydroxyl groups is 1. The van der Waals surface area contributed by atoms with E-state index >= 15 is 0 Å². The fraction of sp³-hybridized carbons (Fsp3) is 0.708. The molecule has 1 aromatic carbocycles. The highest BCUT2D eigenvalue weighted by molar-refractivity contribution is 5.73. The third-order valence-electron chi connectivity index (χ3n) is 8.71. The molecule has 2 fully saturated rings. The van der Waals surface area contributed by atoms with Gasteiger partial charge < -0.3 is 30.3 Å². The highest BCUT2D eigenvalue weighted by Gasteiger charge is 2.73. The molecule has 5 N–H and O–H groups in total. The van der Waals surface area contributed by atoms with E-state index in [4.69, 9.17) is 15.2 Å². The number of phenolic OH excluding ortho intramolecular Hbond substituents is 1. The van der Waals surface area contributed by atoms with Gasteiger partial charge in [0, 0.05) is 24.8 Å². The number of carboxylic acids is 1. The maximum Gasteiger partial charge on any atom is 0.320 e. The van der Waals surface area contributed by atoms with Gasteiger partial charge in [-0.15, -0.1) is 0 Å². The molecule has 1 saturated heterocycles. The number of hydrogen-bond acceptors (Lipinski definition) is 7. The first kappa shape index (κ1) is 21.9. The van der Waals surface area contributed by atoms with Gasteiger partial charge in [0.15, 0.2) is 11.5 Å². The monoisotopic (exact) mass is 445 g/mol. The summed E-state index contributed by atoms with van der Waals surface area (Å²) in [5, 5.41) is 24.0. The van der Waals surface area contributed by atoms with E-state index in [1.165, 1.54) is 5.56 Å². The molecule has 0 amide bonds. The summed E-state index contributed by atoms with van der Waals surface area (Å²) >= 11 is 0. The van der Waals surface area contributed by atoms with Crippen LogP contribution in [-0.2, 0) is 21.4 Å². The van der Waals surface area contributed by atoms with E-state index < -0.39 is 23.0 Å². The lowest BCUT2D eigenvalue weighted by atomic mass is 9.48. The predicted octanol–water partition coefficient (Wildman–Crippen LogP) is 1.37. The lowest BCUT2D eigenvalue weighted by molar-refractivity contribution is -0.204. The van der Waals surface area contributed by atoms with Crippen molar-refractivity contribution in [1.29, 1.82) is 0 Å². The van der Waals surface area contributed by atoms with Crippen molar-refractivity contribution in [2.75, 3.05) is 27.2 Å². The van der Waals surface area contributed by atoms with Crippen molar-refractivity contribution in [3.63, 3.8) is 0 Å². The van der Waals surface area contributed by atoms with Crippen LogP contribution in [0.4, 0.5) is 0 Å². The van der Waals surface area contributed by atoms with Gasteiger partial charge in [-0.3, -0.25) is 10.1 Å². The Morgan fingerprint density at radius 2 is 2.22 bits per heavy atom. The summed E-state index contributed by atoms with van der Waals surface area (Å²) in [6.07, 6.45) is 5.12. The summed E-state index contributed by atoms with van der Waals surface area (Å²) in [6, 6.07) is 3.18. The normalized spacial score (nSPS) is 35.8. The first-order chi connectivity index (χ1) is 15.4. The number of phenols is 1. The fourth-order valence-electron chi connectivity index (χ4n) is 7.34. The molecule has 8 nitrogen and oxygen atoms in total. The number of nitrogens with one attached hydrogen (secondary N) is 1. The molecule has 5 rings (SSSR count). The van der Waals surface area contributed by atoms with Crippen LogP contribution in [0.3, 0.4) is 0 Å². The number of methoxy groups -OCH3 is 1. The van der Waals surface area contributed by atoms with E-state index in [1.54, 1.807) is 13.2 Å². The Hall–Kier alpha value is -1.87. The van der Waals surface area contributed by atoms with Crippen LogP contribution >= 0.6 is 0 Å². The molecule has 8 heteroatoms. The molecule has 2 aliphatic carbocycles. The average Bonchev–Trinajstić information content (AvgIpc) is 3.14. The summed E-state index contributed by atoms with van der Waals surface area (Å²) in [7, 11) is 3.97. The van der Waals surface area contributed by atoms with Crippen molar-refractivity contribution in [1.82, 2.24) is 10.2 Å². The molecular weight excluding hydrogens is 410 g/mol. The standard InChI is InChI=1S/C24H35N3O5/c1-27-12-10-23-19-14-6-7-17(28)20(19)32-21(23)15(8-9-24(23,31-2)18(27)13-14)26-16(22(29)30)5-3-4-11-25/h6-7,15-16,18,21,26,28H,3-5,8-13,25H2,1-2H3,(H,29,30)/t15-,16-,18?,21-,23?,24+/m0/s1. The molecule has 1 aromatic rings. The Kier molecular flexibility index (Phi) is 5.40. The molecule has 1 spiro atoms. The van der Waals surface area contributed by atoms with Crippen LogP contribution < -0.4 is 15.8 Å². The van der Waals surface area contributed by atoms with Crippen LogP contribution in [0.5, 0.6) is 11.5 Å². The zero-order chi connectivity index (χ0) is 22.7. The van der Waals surface area contributed by atoms with Crippen LogP contribution in [0.15, 0.2) is 12.1 Å². The number of unbranched alkanes of at least 4 members (excludes halogenated alkanes) is 1. The highest BCUT2D eigenvalue weighted by Crippen LogP contribution is 2.66. The summed E-state index contributed by atoms with van der Waals surface area (Å²) in [6.45, 7) is 1.48. The van der Waals surface area contributed by atoms with E-state index in [9.17, 15) is 15.0 Å². The van der Waals surface area contributed by atoms with Gasteiger partial charge in [0.1, 0.15) is 12.1 Å². The smallest absolute Gasteiger partial charge is 0.320 e. The van der Waals surface area contributed by atoms with E-state index in [0.717, 1.165) is 50.6 Å². The van der Waals surface area contributed by atoms with Crippen molar-refractivity contribution < 1.29 is 24.5 Å². The summed E-state index contributed by atoms with van der Waals surface area (Å²) in [5.74, 6) is -0.112. The van der Waals surface area contributed by atoms with E-state index in [2.05, 4.69) is 17.3 Å².